The van der Waals surface area contributed by atoms with Gasteiger partial charge < -0.3 is 15.1 Å². The highest BCUT2D eigenvalue weighted by Gasteiger charge is 2.31. The van der Waals surface area contributed by atoms with E-state index in [1.54, 1.807) is 18.3 Å². The average molecular weight is 418 g/mol. The number of halogens is 4. The van der Waals surface area contributed by atoms with Crippen LogP contribution >= 0.6 is 0 Å². The zero-order chi connectivity index (χ0) is 21.3. The third-order valence-corrected chi connectivity index (χ3v) is 5.35. The van der Waals surface area contributed by atoms with Crippen molar-refractivity contribution >= 4 is 22.3 Å². The Morgan fingerprint density at radius 3 is 2.50 bits per heavy atom. The molecule has 0 atom stereocenters. The van der Waals surface area contributed by atoms with E-state index < -0.39 is 11.7 Å². The third-order valence-electron chi connectivity index (χ3n) is 5.35. The number of anilines is 2. The van der Waals surface area contributed by atoms with Gasteiger partial charge in [0.2, 0.25) is 0 Å². The predicted molar refractivity (Wildman–Crippen MR) is 110 cm³/mol. The van der Waals surface area contributed by atoms with E-state index in [0.29, 0.717) is 16.6 Å². The minimum absolute atomic E-state index is 0.201. The summed E-state index contributed by atoms with van der Waals surface area (Å²) in [4.78, 5) is 8.73. The van der Waals surface area contributed by atoms with Gasteiger partial charge in [-0.3, -0.25) is 4.98 Å². The van der Waals surface area contributed by atoms with Crippen molar-refractivity contribution in [3.05, 3.63) is 65.6 Å². The van der Waals surface area contributed by atoms with Crippen molar-refractivity contribution in [3.8, 4) is 0 Å². The number of nitrogens with one attached hydrogen (secondary N) is 1. The van der Waals surface area contributed by atoms with Crippen molar-refractivity contribution in [2.45, 2.75) is 12.7 Å². The molecule has 0 unspecified atom stereocenters. The molecule has 1 N–H and O–H groups in total. The van der Waals surface area contributed by atoms with Crippen LogP contribution in [0.15, 0.2) is 48.7 Å². The molecule has 2 heterocycles. The van der Waals surface area contributed by atoms with Gasteiger partial charge >= 0.3 is 6.18 Å². The molecule has 1 aliphatic rings. The van der Waals surface area contributed by atoms with Crippen LogP contribution in [0.3, 0.4) is 0 Å². The minimum Gasteiger partial charge on any atom is -0.380 e. The van der Waals surface area contributed by atoms with Crippen LogP contribution < -0.4 is 10.2 Å². The van der Waals surface area contributed by atoms with Crippen molar-refractivity contribution in [2.24, 2.45) is 0 Å². The summed E-state index contributed by atoms with van der Waals surface area (Å²) in [6.45, 7) is 3.69. The van der Waals surface area contributed by atoms with Crippen LogP contribution in [0, 0.1) is 5.82 Å². The van der Waals surface area contributed by atoms with Crippen LogP contribution in [-0.2, 0) is 12.7 Å². The van der Waals surface area contributed by atoms with Crippen LogP contribution in [-0.4, -0.2) is 43.1 Å². The molecule has 2 aromatic carbocycles. The smallest absolute Gasteiger partial charge is 0.380 e. The van der Waals surface area contributed by atoms with E-state index >= 15 is 0 Å². The highest BCUT2D eigenvalue weighted by atomic mass is 19.4. The minimum atomic E-state index is -4.48. The summed E-state index contributed by atoms with van der Waals surface area (Å²) in [5, 5.41) is 3.65. The molecule has 0 amide bonds. The zero-order valence-electron chi connectivity index (χ0n) is 16.5. The average Bonchev–Trinajstić information content (AvgIpc) is 2.71. The first-order valence-electron chi connectivity index (χ1n) is 9.72. The number of likely N-dealkylation sites (N-methyl/N-ethyl adjacent to an activating group) is 1. The number of rotatable bonds is 4. The van der Waals surface area contributed by atoms with Crippen LogP contribution in [0.1, 0.15) is 11.1 Å². The summed E-state index contributed by atoms with van der Waals surface area (Å²) in [7, 11) is 2.06. The van der Waals surface area contributed by atoms with E-state index in [1.807, 2.05) is 6.07 Å². The number of piperazine rings is 1. The largest absolute Gasteiger partial charge is 0.416 e. The van der Waals surface area contributed by atoms with E-state index in [4.69, 9.17) is 0 Å². The first kappa shape index (κ1) is 20.4. The van der Waals surface area contributed by atoms with Crippen LogP contribution in [0.25, 0.3) is 10.9 Å². The Bertz CT molecular complexity index is 1040. The molecule has 0 saturated carbocycles. The van der Waals surface area contributed by atoms with Gasteiger partial charge in [-0.25, -0.2) is 4.39 Å². The fraction of sp³-hybridized carbons (Fsp3) is 0.318. The standard InChI is InChI=1S/C22H22F4N4/c1-29-5-7-30(8-6-29)18-12-19-20(27-13-15-3-2-4-17(23)9-15)10-16(22(24,25)26)11-21(19)28-14-18/h2-4,9-12,14,27H,5-8,13H2,1H3. The van der Waals surface area contributed by atoms with E-state index in [2.05, 4.69) is 27.1 Å². The van der Waals surface area contributed by atoms with Gasteiger partial charge in [-0.1, -0.05) is 12.1 Å². The van der Waals surface area contributed by atoms with Crippen molar-refractivity contribution in [3.63, 3.8) is 0 Å². The van der Waals surface area contributed by atoms with E-state index in [1.165, 1.54) is 12.1 Å². The molecule has 158 valence electrons. The lowest BCUT2D eigenvalue weighted by Crippen LogP contribution is -2.44. The second-order valence-corrected chi connectivity index (χ2v) is 7.56. The lowest BCUT2D eigenvalue weighted by molar-refractivity contribution is -0.137. The van der Waals surface area contributed by atoms with Crippen LogP contribution in [0.4, 0.5) is 28.9 Å². The van der Waals surface area contributed by atoms with Gasteiger partial charge in [0, 0.05) is 43.8 Å². The molecule has 4 nitrogen and oxygen atoms in total. The Kier molecular flexibility index (Phi) is 5.51. The third kappa shape index (κ3) is 4.48. The zero-order valence-corrected chi connectivity index (χ0v) is 16.5. The van der Waals surface area contributed by atoms with Crippen molar-refractivity contribution in [1.82, 2.24) is 9.88 Å². The van der Waals surface area contributed by atoms with Gasteiger partial charge in [0.25, 0.3) is 0 Å². The molecule has 3 aromatic rings. The van der Waals surface area contributed by atoms with E-state index in [9.17, 15) is 17.6 Å². The van der Waals surface area contributed by atoms with E-state index in [0.717, 1.165) is 44.0 Å². The van der Waals surface area contributed by atoms with Crippen molar-refractivity contribution < 1.29 is 17.6 Å². The molecule has 0 spiro atoms. The molecule has 1 saturated heterocycles. The second-order valence-electron chi connectivity index (χ2n) is 7.56. The number of fused-ring (bicyclic) bond motifs is 1. The topological polar surface area (TPSA) is 31.4 Å². The number of pyridine rings is 1. The summed E-state index contributed by atoms with van der Waals surface area (Å²) in [5.74, 6) is -0.387. The number of aromatic nitrogens is 1. The summed E-state index contributed by atoms with van der Waals surface area (Å²) in [5.41, 5.74) is 1.35. The number of hydrogen-bond donors (Lipinski definition) is 1. The number of hydrogen-bond acceptors (Lipinski definition) is 4. The van der Waals surface area contributed by atoms with Gasteiger partial charge in [0.1, 0.15) is 5.82 Å². The Morgan fingerprint density at radius 2 is 1.80 bits per heavy atom. The fourth-order valence-corrected chi connectivity index (χ4v) is 3.61. The summed E-state index contributed by atoms with van der Waals surface area (Å²) >= 11 is 0. The van der Waals surface area contributed by atoms with Gasteiger partial charge in [-0.2, -0.15) is 13.2 Å². The quantitative estimate of drug-likeness (QED) is 0.620. The molecular formula is C22H22F4N4. The highest BCUT2D eigenvalue weighted by Crippen LogP contribution is 2.36. The molecule has 1 fully saturated rings. The first-order valence-corrected chi connectivity index (χ1v) is 9.72. The molecule has 8 heteroatoms. The van der Waals surface area contributed by atoms with Crippen molar-refractivity contribution in [2.75, 3.05) is 43.4 Å². The monoisotopic (exact) mass is 418 g/mol. The Morgan fingerprint density at radius 1 is 1.03 bits per heavy atom. The number of nitrogens with zero attached hydrogens (tertiary/aromatic N) is 3. The van der Waals surface area contributed by atoms with Gasteiger partial charge in [-0.05, 0) is 42.9 Å². The first-order chi connectivity index (χ1) is 14.3. The fourth-order valence-electron chi connectivity index (χ4n) is 3.61. The highest BCUT2D eigenvalue weighted by molar-refractivity contribution is 5.94. The molecule has 1 aliphatic heterocycles. The number of alkyl halides is 3. The second kappa shape index (κ2) is 8.10. The molecule has 0 bridgehead atoms. The molecule has 1 aromatic heterocycles. The Hall–Kier alpha value is -2.87. The maximum absolute atomic E-state index is 13.5. The SMILES string of the molecule is CN1CCN(c2cnc3cc(C(F)(F)F)cc(NCc4cccc(F)c4)c3c2)CC1. The normalized spacial score (nSPS) is 15.6. The molecule has 4 rings (SSSR count). The number of benzene rings is 2. The van der Waals surface area contributed by atoms with Crippen LogP contribution in [0.5, 0.6) is 0 Å². The predicted octanol–water partition coefficient (Wildman–Crippen LogP) is 4.76. The molecule has 30 heavy (non-hydrogen) atoms. The van der Waals surface area contributed by atoms with Gasteiger partial charge in [0.15, 0.2) is 0 Å². The van der Waals surface area contributed by atoms with E-state index in [-0.39, 0.29) is 17.9 Å². The maximum atomic E-state index is 13.5. The van der Waals surface area contributed by atoms with Gasteiger partial charge in [0.05, 0.1) is 23.0 Å². The van der Waals surface area contributed by atoms with Crippen LogP contribution in [0.2, 0.25) is 0 Å². The summed E-state index contributed by atoms with van der Waals surface area (Å²) in [6, 6.07) is 10.0. The molecule has 0 aliphatic carbocycles. The Labute approximate surface area is 172 Å². The summed E-state index contributed by atoms with van der Waals surface area (Å²) < 4.78 is 53.7. The van der Waals surface area contributed by atoms with Gasteiger partial charge in [-0.15, -0.1) is 0 Å². The lowest BCUT2D eigenvalue weighted by atomic mass is 10.1. The Balaban J connectivity index is 1.71. The lowest BCUT2D eigenvalue weighted by Gasteiger charge is -2.34. The molecule has 0 radical (unpaired) electrons. The molecular weight excluding hydrogens is 396 g/mol. The van der Waals surface area contributed by atoms with Crippen molar-refractivity contribution in [1.29, 1.82) is 0 Å². The summed E-state index contributed by atoms with van der Waals surface area (Å²) in [6.07, 6.45) is -2.86. The maximum Gasteiger partial charge on any atom is 0.416 e.